The first-order valence-electron chi connectivity index (χ1n) is 7.61. The van der Waals surface area contributed by atoms with E-state index in [2.05, 4.69) is 20.2 Å². The van der Waals surface area contributed by atoms with Crippen LogP contribution in [0.25, 0.3) is 0 Å². The molecule has 118 valence electrons. The number of hydrogen-bond donors (Lipinski definition) is 1. The average molecular weight is 336 g/mol. The molecule has 2 aromatic rings. The number of nitrogens with zero attached hydrogens (tertiary/aromatic N) is 3. The topological polar surface area (TPSA) is 58.1 Å². The fraction of sp³-hybridized carbons (Fsp3) is 0.533. The van der Waals surface area contributed by atoms with E-state index in [9.17, 15) is 4.79 Å². The Hall–Kier alpha value is -1.31. The molecule has 0 radical (unpaired) electrons. The number of likely N-dealkylation sites (tertiary alicyclic amines) is 1. The average Bonchev–Trinajstić information content (AvgIpc) is 3.03. The smallest absolute Gasteiger partial charge is 0.276 e. The van der Waals surface area contributed by atoms with Crippen molar-refractivity contribution >= 4 is 33.7 Å². The van der Waals surface area contributed by atoms with Crippen LogP contribution in [0.2, 0.25) is 0 Å². The summed E-state index contributed by atoms with van der Waals surface area (Å²) in [5.74, 6) is -0.181. The fourth-order valence-electron chi connectivity index (χ4n) is 2.59. The van der Waals surface area contributed by atoms with Crippen LogP contribution >= 0.6 is 22.7 Å². The Morgan fingerprint density at radius 3 is 2.64 bits per heavy atom. The lowest BCUT2D eigenvalue weighted by Crippen LogP contribution is -2.24. The van der Waals surface area contributed by atoms with E-state index >= 15 is 0 Å². The van der Waals surface area contributed by atoms with E-state index in [0.29, 0.717) is 10.8 Å². The number of nitrogens with one attached hydrogen (secondary N) is 1. The van der Waals surface area contributed by atoms with E-state index < -0.39 is 0 Å². The van der Waals surface area contributed by atoms with Gasteiger partial charge in [-0.2, -0.15) is 0 Å². The number of carbonyl (C=O) groups is 1. The van der Waals surface area contributed by atoms with Gasteiger partial charge in [-0.3, -0.25) is 15.0 Å². The number of anilines is 1. The monoisotopic (exact) mass is 336 g/mol. The van der Waals surface area contributed by atoms with E-state index in [-0.39, 0.29) is 5.91 Å². The second-order valence-electron chi connectivity index (χ2n) is 5.54. The summed E-state index contributed by atoms with van der Waals surface area (Å²) in [6.07, 6.45) is 5.22. The van der Waals surface area contributed by atoms with Gasteiger partial charge in [0.15, 0.2) is 5.13 Å². The van der Waals surface area contributed by atoms with Crippen LogP contribution in [0, 0.1) is 6.92 Å². The minimum atomic E-state index is -0.181. The van der Waals surface area contributed by atoms with Crippen LogP contribution in [-0.4, -0.2) is 33.9 Å². The first-order valence-corrected chi connectivity index (χ1v) is 9.37. The largest absolute Gasteiger partial charge is 0.297 e. The first-order chi connectivity index (χ1) is 10.7. The Morgan fingerprint density at radius 2 is 1.95 bits per heavy atom. The zero-order valence-electron chi connectivity index (χ0n) is 12.7. The van der Waals surface area contributed by atoms with E-state index in [1.807, 2.05) is 12.3 Å². The highest BCUT2D eigenvalue weighted by Gasteiger charge is 2.14. The third kappa shape index (κ3) is 4.12. The van der Waals surface area contributed by atoms with Crippen LogP contribution in [-0.2, 0) is 6.54 Å². The summed E-state index contributed by atoms with van der Waals surface area (Å²) in [5.41, 5.74) is 1.50. The molecule has 1 fully saturated rings. The second kappa shape index (κ2) is 7.30. The number of rotatable bonds is 4. The first kappa shape index (κ1) is 15.6. The molecule has 1 aliphatic rings. The lowest BCUT2D eigenvalue weighted by molar-refractivity contribution is 0.102. The van der Waals surface area contributed by atoms with Crippen LogP contribution in [0.1, 0.15) is 46.9 Å². The highest BCUT2D eigenvalue weighted by atomic mass is 32.1. The molecular formula is C15H20N4OS2. The molecule has 1 amide bonds. The lowest BCUT2D eigenvalue weighted by Gasteiger charge is -2.17. The van der Waals surface area contributed by atoms with Gasteiger partial charge in [0.2, 0.25) is 0 Å². The number of carbonyl (C=O) groups excluding carboxylic acids is 1. The van der Waals surface area contributed by atoms with E-state index in [1.54, 1.807) is 5.38 Å². The molecule has 3 rings (SSSR count). The lowest BCUT2D eigenvalue weighted by atomic mass is 10.2. The molecule has 3 heterocycles. The third-order valence-electron chi connectivity index (χ3n) is 3.71. The summed E-state index contributed by atoms with van der Waals surface area (Å²) in [4.78, 5) is 23.2. The van der Waals surface area contributed by atoms with Crippen molar-refractivity contribution in [3.63, 3.8) is 0 Å². The van der Waals surface area contributed by atoms with Crippen LogP contribution in [0.15, 0.2) is 10.8 Å². The maximum Gasteiger partial charge on any atom is 0.276 e. The molecule has 1 N–H and O–H groups in total. The van der Waals surface area contributed by atoms with Gasteiger partial charge in [-0.05, 0) is 32.9 Å². The Balaban J connectivity index is 1.57. The summed E-state index contributed by atoms with van der Waals surface area (Å²) >= 11 is 2.96. The van der Waals surface area contributed by atoms with Crippen LogP contribution in [0.5, 0.6) is 0 Å². The zero-order chi connectivity index (χ0) is 15.4. The Morgan fingerprint density at radius 1 is 1.18 bits per heavy atom. The molecule has 0 spiro atoms. The van der Waals surface area contributed by atoms with Gasteiger partial charge < -0.3 is 0 Å². The summed E-state index contributed by atoms with van der Waals surface area (Å²) in [5, 5.41) is 8.19. The van der Waals surface area contributed by atoms with Gasteiger partial charge >= 0.3 is 0 Å². The Kier molecular flexibility index (Phi) is 5.17. The molecule has 1 aliphatic heterocycles. The number of aryl methyl sites for hydroxylation is 1. The van der Waals surface area contributed by atoms with Gasteiger partial charge in [0.1, 0.15) is 5.69 Å². The van der Waals surface area contributed by atoms with Gasteiger partial charge in [-0.1, -0.05) is 12.8 Å². The highest BCUT2D eigenvalue weighted by Crippen LogP contribution is 2.19. The Bertz CT molecular complexity index is 629. The van der Waals surface area contributed by atoms with E-state index in [4.69, 9.17) is 0 Å². The summed E-state index contributed by atoms with van der Waals surface area (Å²) < 4.78 is 0. The van der Waals surface area contributed by atoms with Crippen molar-refractivity contribution in [1.29, 1.82) is 0 Å². The van der Waals surface area contributed by atoms with Crippen molar-refractivity contribution in [1.82, 2.24) is 14.9 Å². The molecule has 0 atom stereocenters. The number of thiazole rings is 2. The number of aromatic nitrogens is 2. The van der Waals surface area contributed by atoms with Crippen molar-refractivity contribution in [2.24, 2.45) is 0 Å². The van der Waals surface area contributed by atoms with E-state index in [1.165, 1.54) is 48.4 Å². The minimum Gasteiger partial charge on any atom is -0.297 e. The fourth-order valence-corrected chi connectivity index (χ4v) is 3.88. The van der Waals surface area contributed by atoms with Crippen molar-refractivity contribution < 1.29 is 4.79 Å². The predicted molar refractivity (Wildman–Crippen MR) is 90.7 cm³/mol. The van der Waals surface area contributed by atoms with Gasteiger partial charge in [0, 0.05) is 17.3 Å². The molecule has 1 saturated heterocycles. The molecule has 2 aromatic heterocycles. The molecule has 7 heteroatoms. The Labute approximate surface area is 138 Å². The molecule has 5 nitrogen and oxygen atoms in total. The van der Waals surface area contributed by atoms with Gasteiger partial charge in [-0.25, -0.2) is 9.97 Å². The summed E-state index contributed by atoms with van der Waals surface area (Å²) in [6.45, 7) is 5.07. The van der Waals surface area contributed by atoms with Gasteiger partial charge in [-0.15, -0.1) is 22.7 Å². The standard InChI is InChI=1S/C15H20N4OS2/c1-11-16-13(10-21-11)14(20)18-15-17-12(9-22-15)8-19-6-4-2-3-5-7-19/h9-10H,2-8H2,1H3,(H,17,18,20). The molecule has 0 unspecified atom stereocenters. The normalized spacial score (nSPS) is 16.4. The molecule has 0 bridgehead atoms. The number of amides is 1. The number of hydrogen-bond acceptors (Lipinski definition) is 6. The van der Waals surface area contributed by atoms with Crippen LogP contribution < -0.4 is 5.32 Å². The van der Waals surface area contributed by atoms with Crippen molar-refractivity contribution in [2.75, 3.05) is 18.4 Å². The maximum absolute atomic E-state index is 12.1. The molecule has 0 aromatic carbocycles. The minimum absolute atomic E-state index is 0.181. The quantitative estimate of drug-likeness (QED) is 0.928. The maximum atomic E-state index is 12.1. The predicted octanol–water partition coefficient (Wildman–Crippen LogP) is 3.54. The summed E-state index contributed by atoms with van der Waals surface area (Å²) in [6, 6.07) is 0. The van der Waals surface area contributed by atoms with Crippen LogP contribution in [0.3, 0.4) is 0 Å². The second-order valence-corrected chi connectivity index (χ2v) is 7.46. The van der Waals surface area contributed by atoms with Crippen LogP contribution in [0.4, 0.5) is 5.13 Å². The van der Waals surface area contributed by atoms with Gasteiger partial charge in [0.25, 0.3) is 5.91 Å². The highest BCUT2D eigenvalue weighted by molar-refractivity contribution is 7.14. The zero-order valence-corrected chi connectivity index (χ0v) is 14.3. The molecule has 22 heavy (non-hydrogen) atoms. The van der Waals surface area contributed by atoms with Crippen molar-refractivity contribution in [2.45, 2.75) is 39.2 Å². The SMILES string of the molecule is Cc1nc(C(=O)Nc2nc(CN3CCCCCC3)cs2)cs1. The van der Waals surface area contributed by atoms with Gasteiger partial charge in [0.05, 0.1) is 10.7 Å². The summed E-state index contributed by atoms with van der Waals surface area (Å²) in [7, 11) is 0. The molecule has 0 saturated carbocycles. The molecular weight excluding hydrogens is 316 g/mol. The third-order valence-corrected chi connectivity index (χ3v) is 5.29. The van der Waals surface area contributed by atoms with Crippen molar-refractivity contribution in [3.8, 4) is 0 Å². The van der Waals surface area contributed by atoms with Crippen molar-refractivity contribution in [3.05, 3.63) is 27.2 Å². The molecule has 0 aliphatic carbocycles. The van der Waals surface area contributed by atoms with E-state index in [0.717, 1.165) is 30.3 Å².